The third-order valence-corrected chi connectivity index (χ3v) is 4.87. The van der Waals surface area contributed by atoms with Gasteiger partial charge in [0.1, 0.15) is 17.0 Å². The van der Waals surface area contributed by atoms with Gasteiger partial charge in [0, 0.05) is 23.2 Å². The number of nitrogens with zero attached hydrogens (tertiary/aromatic N) is 3. The lowest BCUT2D eigenvalue weighted by atomic mass is 10.2. The van der Waals surface area contributed by atoms with Gasteiger partial charge in [-0.25, -0.2) is 15.0 Å². The first-order chi connectivity index (χ1) is 9.25. The summed E-state index contributed by atoms with van der Waals surface area (Å²) in [4.78, 5) is 15.3. The summed E-state index contributed by atoms with van der Waals surface area (Å²) in [6, 6.07) is 0. The van der Waals surface area contributed by atoms with E-state index in [1.807, 2.05) is 5.51 Å². The van der Waals surface area contributed by atoms with Crippen LogP contribution in [0.4, 0.5) is 5.82 Å². The van der Waals surface area contributed by atoms with Gasteiger partial charge < -0.3 is 5.32 Å². The van der Waals surface area contributed by atoms with Crippen LogP contribution in [0.1, 0.15) is 16.1 Å². The predicted molar refractivity (Wildman–Crippen MR) is 81.2 cm³/mol. The van der Waals surface area contributed by atoms with Crippen LogP contribution < -0.4 is 5.32 Å². The number of rotatable bonds is 4. The zero-order valence-electron chi connectivity index (χ0n) is 10.8. The lowest BCUT2D eigenvalue weighted by molar-refractivity contribution is 0.969. The van der Waals surface area contributed by atoms with Crippen LogP contribution in [0.2, 0.25) is 0 Å². The van der Waals surface area contributed by atoms with E-state index in [9.17, 15) is 0 Å². The van der Waals surface area contributed by atoms with Gasteiger partial charge in [-0.05, 0) is 19.4 Å². The van der Waals surface area contributed by atoms with Crippen molar-refractivity contribution in [1.29, 1.82) is 0 Å². The van der Waals surface area contributed by atoms with Gasteiger partial charge in [0.25, 0.3) is 0 Å². The molecule has 19 heavy (non-hydrogen) atoms. The molecule has 0 atom stereocenters. The second-order valence-corrected chi connectivity index (χ2v) is 6.26. The minimum absolute atomic E-state index is 0.837. The number of anilines is 1. The van der Waals surface area contributed by atoms with E-state index in [1.165, 1.54) is 10.4 Å². The summed E-state index contributed by atoms with van der Waals surface area (Å²) in [7, 11) is 0. The Morgan fingerprint density at radius 3 is 2.89 bits per heavy atom. The molecule has 0 amide bonds. The van der Waals surface area contributed by atoms with Gasteiger partial charge in [0.05, 0.1) is 16.6 Å². The molecular weight excluding hydrogens is 276 g/mol. The van der Waals surface area contributed by atoms with Crippen molar-refractivity contribution < 1.29 is 0 Å². The van der Waals surface area contributed by atoms with Crippen molar-refractivity contribution in [2.24, 2.45) is 0 Å². The van der Waals surface area contributed by atoms with Crippen molar-refractivity contribution in [2.75, 3.05) is 11.9 Å². The maximum atomic E-state index is 4.37. The zero-order chi connectivity index (χ0) is 13.2. The predicted octanol–water partition coefficient (Wildman–Crippen LogP) is 3.42. The Balaban J connectivity index is 1.80. The zero-order valence-corrected chi connectivity index (χ0v) is 12.4. The van der Waals surface area contributed by atoms with Crippen LogP contribution in [0.15, 0.2) is 17.2 Å². The standard InChI is InChI=1S/C13H14N4S2/c1-8-9(2)19-13-11(8)12(15-6-16-13)14-4-3-10-5-18-7-17-10/h5-7H,3-4H2,1-2H3,(H,14,15,16). The molecule has 0 unspecified atom stereocenters. The highest BCUT2D eigenvalue weighted by atomic mass is 32.1. The highest BCUT2D eigenvalue weighted by molar-refractivity contribution is 7.18. The van der Waals surface area contributed by atoms with Crippen molar-refractivity contribution >= 4 is 38.7 Å². The SMILES string of the molecule is Cc1sc2ncnc(NCCc3cscn3)c2c1C. The van der Waals surface area contributed by atoms with E-state index in [0.29, 0.717) is 0 Å². The Hall–Kier alpha value is -1.53. The van der Waals surface area contributed by atoms with Gasteiger partial charge in [0.15, 0.2) is 0 Å². The quantitative estimate of drug-likeness (QED) is 0.800. The fourth-order valence-electron chi connectivity index (χ4n) is 1.99. The highest BCUT2D eigenvalue weighted by Gasteiger charge is 2.11. The second-order valence-electron chi connectivity index (χ2n) is 4.34. The molecule has 6 heteroatoms. The van der Waals surface area contributed by atoms with Gasteiger partial charge in [-0.15, -0.1) is 22.7 Å². The third kappa shape index (κ3) is 2.46. The molecule has 3 aromatic heterocycles. The number of hydrogen-bond acceptors (Lipinski definition) is 6. The Kier molecular flexibility index (Phi) is 3.44. The van der Waals surface area contributed by atoms with Crippen molar-refractivity contribution in [2.45, 2.75) is 20.3 Å². The Morgan fingerprint density at radius 1 is 1.21 bits per heavy atom. The minimum Gasteiger partial charge on any atom is -0.369 e. The number of nitrogens with one attached hydrogen (secondary N) is 1. The number of aryl methyl sites for hydroxylation is 2. The summed E-state index contributed by atoms with van der Waals surface area (Å²) < 4.78 is 0. The summed E-state index contributed by atoms with van der Waals surface area (Å²) in [5.74, 6) is 0.932. The number of thiophene rings is 1. The lowest BCUT2D eigenvalue weighted by Crippen LogP contribution is -2.07. The van der Waals surface area contributed by atoms with Crippen LogP contribution >= 0.6 is 22.7 Å². The van der Waals surface area contributed by atoms with Crippen LogP contribution in [-0.2, 0) is 6.42 Å². The molecule has 0 bridgehead atoms. The van der Waals surface area contributed by atoms with Crippen LogP contribution in [-0.4, -0.2) is 21.5 Å². The molecule has 0 fully saturated rings. The van der Waals surface area contributed by atoms with Gasteiger partial charge in [0.2, 0.25) is 0 Å². The van der Waals surface area contributed by atoms with Gasteiger partial charge in [-0.2, -0.15) is 0 Å². The number of hydrogen-bond donors (Lipinski definition) is 1. The van der Waals surface area contributed by atoms with E-state index in [0.717, 1.165) is 34.7 Å². The summed E-state index contributed by atoms with van der Waals surface area (Å²) in [5.41, 5.74) is 4.27. The molecule has 3 aromatic rings. The smallest absolute Gasteiger partial charge is 0.138 e. The van der Waals surface area contributed by atoms with Crippen molar-refractivity contribution in [3.8, 4) is 0 Å². The summed E-state index contributed by atoms with van der Waals surface area (Å²) >= 11 is 3.35. The lowest BCUT2D eigenvalue weighted by Gasteiger charge is -2.06. The second kappa shape index (κ2) is 5.22. The maximum absolute atomic E-state index is 4.37. The third-order valence-electron chi connectivity index (χ3n) is 3.12. The van der Waals surface area contributed by atoms with E-state index in [-0.39, 0.29) is 0 Å². The van der Waals surface area contributed by atoms with Crippen molar-refractivity contribution in [1.82, 2.24) is 15.0 Å². The average molecular weight is 290 g/mol. The molecule has 0 aliphatic heterocycles. The van der Waals surface area contributed by atoms with Crippen LogP contribution in [0, 0.1) is 13.8 Å². The van der Waals surface area contributed by atoms with E-state index < -0.39 is 0 Å². The van der Waals surface area contributed by atoms with E-state index in [1.54, 1.807) is 29.0 Å². The molecule has 3 heterocycles. The van der Waals surface area contributed by atoms with Gasteiger partial charge in [-0.3, -0.25) is 0 Å². The molecule has 0 aromatic carbocycles. The fraction of sp³-hybridized carbons (Fsp3) is 0.308. The van der Waals surface area contributed by atoms with Gasteiger partial charge >= 0.3 is 0 Å². The average Bonchev–Trinajstić information content (AvgIpc) is 3.00. The molecule has 0 radical (unpaired) electrons. The molecule has 0 aliphatic carbocycles. The first-order valence-electron chi connectivity index (χ1n) is 6.07. The Labute approximate surface area is 119 Å². The summed E-state index contributed by atoms with van der Waals surface area (Å²) in [6.45, 7) is 5.09. The molecule has 3 rings (SSSR count). The van der Waals surface area contributed by atoms with Crippen LogP contribution in [0.3, 0.4) is 0 Å². The molecule has 4 nitrogen and oxygen atoms in total. The molecule has 98 valence electrons. The topological polar surface area (TPSA) is 50.7 Å². The fourth-order valence-corrected chi connectivity index (χ4v) is 3.58. The maximum Gasteiger partial charge on any atom is 0.138 e. The molecule has 1 N–H and O–H groups in total. The Morgan fingerprint density at radius 2 is 2.11 bits per heavy atom. The van der Waals surface area contributed by atoms with E-state index >= 15 is 0 Å². The highest BCUT2D eigenvalue weighted by Crippen LogP contribution is 2.32. The van der Waals surface area contributed by atoms with Crippen LogP contribution in [0.25, 0.3) is 10.2 Å². The Bertz CT molecular complexity index is 688. The van der Waals surface area contributed by atoms with Crippen LogP contribution in [0.5, 0.6) is 0 Å². The van der Waals surface area contributed by atoms with Crippen molar-refractivity contribution in [3.63, 3.8) is 0 Å². The van der Waals surface area contributed by atoms with E-state index in [2.05, 4.69) is 39.5 Å². The van der Waals surface area contributed by atoms with Gasteiger partial charge in [-0.1, -0.05) is 0 Å². The minimum atomic E-state index is 0.837. The normalized spacial score (nSPS) is 11.1. The molecular formula is C13H14N4S2. The first-order valence-corrected chi connectivity index (χ1v) is 7.83. The van der Waals surface area contributed by atoms with Crippen molar-refractivity contribution in [3.05, 3.63) is 33.4 Å². The molecule has 0 saturated carbocycles. The number of thiazole rings is 1. The molecule has 0 spiro atoms. The number of aromatic nitrogens is 3. The molecule has 0 saturated heterocycles. The molecule has 0 aliphatic rings. The first kappa shape index (κ1) is 12.5. The monoisotopic (exact) mass is 290 g/mol. The summed E-state index contributed by atoms with van der Waals surface area (Å²) in [5, 5.41) is 6.64. The number of fused-ring (bicyclic) bond motifs is 1. The van der Waals surface area contributed by atoms with E-state index in [4.69, 9.17) is 0 Å². The largest absolute Gasteiger partial charge is 0.369 e. The summed E-state index contributed by atoms with van der Waals surface area (Å²) in [6.07, 6.45) is 2.54.